The zero-order valence-electron chi connectivity index (χ0n) is 12.5. The third-order valence-corrected chi connectivity index (χ3v) is 6.58. The molecule has 2 atom stereocenters. The Morgan fingerprint density at radius 3 is 2.44 bits per heavy atom. The molecule has 0 bridgehead atoms. The lowest BCUT2D eigenvalue weighted by molar-refractivity contribution is 0.668. The fourth-order valence-corrected chi connectivity index (χ4v) is 6.16. The molecule has 2 rings (SSSR count). The van der Waals surface area contributed by atoms with E-state index in [2.05, 4.69) is 63.9 Å². The number of rotatable bonds is 3. The lowest BCUT2D eigenvalue weighted by atomic mass is 9.93. The van der Waals surface area contributed by atoms with Gasteiger partial charge in [-0.1, -0.05) is 68.9 Å². The Balaban J connectivity index is 2.43. The van der Waals surface area contributed by atoms with Crippen molar-refractivity contribution in [1.29, 1.82) is 0 Å². The quantitative estimate of drug-likeness (QED) is 0.587. The molecule has 0 heterocycles. The molecule has 0 fully saturated rings. The second-order valence-electron chi connectivity index (χ2n) is 6.74. The molecule has 0 saturated heterocycles. The molecule has 2 aliphatic rings. The van der Waals surface area contributed by atoms with E-state index in [-0.39, 0.29) is 0 Å². The first-order valence-corrected chi connectivity index (χ1v) is 10.8. The van der Waals surface area contributed by atoms with Crippen LogP contribution in [0.25, 0.3) is 0 Å². The molecule has 98 valence electrons. The highest BCUT2D eigenvalue weighted by Gasteiger charge is 2.36. The fraction of sp³-hybridized carbons (Fsp3) is 0.529. The first-order chi connectivity index (χ1) is 8.45. The first-order valence-electron chi connectivity index (χ1n) is 7.22. The summed E-state index contributed by atoms with van der Waals surface area (Å²) in [5.41, 5.74) is 5.55. The summed E-state index contributed by atoms with van der Waals surface area (Å²) in [5, 5.41) is 0. The number of allylic oxidation sites excluding steroid dienone is 8. The van der Waals surface area contributed by atoms with Crippen molar-refractivity contribution >= 4 is 8.07 Å². The minimum atomic E-state index is -1.18. The SMILES string of the molecule is CCCC1C=CC=CC2=C1C=C(C)C2[Si](C)(C)C. The van der Waals surface area contributed by atoms with Gasteiger partial charge in [-0.25, -0.2) is 0 Å². The summed E-state index contributed by atoms with van der Waals surface area (Å²) >= 11 is 0. The Kier molecular flexibility index (Phi) is 3.81. The summed E-state index contributed by atoms with van der Waals surface area (Å²) < 4.78 is 0. The van der Waals surface area contributed by atoms with Crippen molar-refractivity contribution in [3.63, 3.8) is 0 Å². The Hall–Kier alpha value is -0.823. The van der Waals surface area contributed by atoms with E-state index in [1.54, 1.807) is 16.7 Å². The Bertz CT molecular complexity index is 441. The second kappa shape index (κ2) is 5.04. The van der Waals surface area contributed by atoms with E-state index < -0.39 is 8.07 Å². The van der Waals surface area contributed by atoms with Gasteiger partial charge < -0.3 is 0 Å². The van der Waals surface area contributed by atoms with E-state index in [0.717, 1.165) is 5.54 Å². The van der Waals surface area contributed by atoms with Crippen LogP contribution >= 0.6 is 0 Å². The molecule has 2 aliphatic carbocycles. The van der Waals surface area contributed by atoms with Crippen LogP contribution in [0.15, 0.2) is 47.1 Å². The van der Waals surface area contributed by atoms with Crippen molar-refractivity contribution in [1.82, 2.24) is 0 Å². The molecule has 0 aliphatic heterocycles. The van der Waals surface area contributed by atoms with Crippen molar-refractivity contribution in [3.8, 4) is 0 Å². The van der Waals surface area contributed by atoms with Gasteiger partial charge in [0.25, 0.3) is 0 Å². The van der Waals surface area contributed by atoms with E-state index in [1.165, 1.54) is 12.8 Å². The van der Waals surface area contributed by atoms with Crippen LogP contribution in [0.3, 0.4) is 0 Å². The van der Waals surface area contributed by atoms with Crippen LogP contribution in [0.5, 0.6) is 0 Å². The highest BCUT2D eigenvalue weighted by molar-refractivity contribution is 6.79. The van der Waals surface area contributed by atoms with Gasteiger partial charge >= 0.3 is 0 Å². The van der Waals surface area contributed by atoms with Gasteiger partial charge in [-0.2, -0.15) is 0 Å². The van der Waals surface area contributed by atoms with Crippen LogP contribution in [0, 0.1) is 5.92 Å². The average Bonchev–Trinajstić information content (AvgIpc) is 2.48. The maximum absolute atomic E-state index is 2.49. The molecule has 18 heavy (non-hydrogen) atoms. The zero-order chi connectivity index (χ0) is 13.3. The fourth-order valence-electron chi connectivity index (χ4n) is 3.51. The maximum atomic E-state index is 2.49. The van der Waals surface area contributed by atoms with Crippen LogP contribution in [0.2, 0.25) is 25.2 Å². The summed E-state index contributed by atoms with van der Waals surface area (Å²) in [4.78, 5) is 0. The van der Waals surface area contributed by atoms with E-state index in [1.807, 2.05) is 0 Å². The smallest absolute Gasteiger partial charge is 0.0569 e. The topological polar surface area (TPSA) is 0 Å². The maximum Gasteiger partial charge on any atom is 0.0569 e. The van der Waals surface area contributed by atoms with Crippen molar-refractivity contribution in [2.75, 3.05) is 0 Å². The molecule has 0 nitrogen and oxygen atoms in total. The Labute approximate surface area is 113 Å². The number of hydrogen-bond donors (Lipinski definition) is 0. The minimum absolute atomic E-state index is 0.635. The zero-order valence-corrected chi connectivity index (χ0v) is 13.5. The molecule has 0 N–H and O–H groups in total. The lowest BCUT2D eigenvalue weighted by Gasteiger charge is -2.29. The minimum Gasteiger partial charge on any atom is -0.0770 e. The van der Waals surface area contributed by atoms with Crippen molar-refractivity contribution in [2.24, 2.45) is 5.92 Å². The summed E-state index contributed by atoms with van der Waals surface area (Å²) in [6, 6.07) is 0. The van der Waals surface area contributed by atoms with Crippen molar-refractivity contribution in [2.45, 2.75) is 51.9 Å². The van der Waals surface area contributed by atoms with Gasteiger partial charge in [0.05, 0.1) is 8.07 Å². The third kappa shape index (κ3) is 2.47. The molecular weight excluding hydrogens is 232 g/mol. The van der Waals surface area contributed by atoms with Gasteiger partial charge in [0.15, 0.2) is 0 Å². The van der Waals surface area contributed by atoms with E-state index in [9.17, 15) is 0 Å². The summed E-state index contributed by atoms with van der Waals surface area (Å²) in [5.74, 6) is 0.635. The van der Waals surface area contributed by atoms with E-state index >= 15 is 0 Å². The van der Waals surface area contributed by atoms with E-state index in [4.69, 9.17) is 0 Å². The molecule has 0 amide bonds. The molecule has 0 aromatic heterocycles. The monoisotopic (exact) mass is 258 g/mol. The molecule has 0 aromatic rings. The van der Waals surface area contributed by atoms with Gasteiger partial charge in [-0.3, -0.25) is 0 Å². The Morgan fingerprint density at radius 2 is 1.83 bits per heavy atom. The molecule has 0 spiro atoms. The van der Waals surface area contributed by atoms with Crippen molar-refractivity contribution < 1.29 is 0 Å². The van der Waals surface area contributed by atoms with Crippen LogP contribution < -0.4 is 0 Å². The van der Waals surface area contributed by atoms with E-state index in [0.29, 0.717) is 5.92 Å². The van der Waals surface area contributed by atoms with Gasteiger partial charge in [0.1, 0.15) is 0 Å². The highest BCUT2D eigenvalue weighted by Crippen LogP contribution is 2.47. The molecule has 0 radical (unpaired) electrons. The normalized spacial score (nSPS) is 27.3. The first kappa shape index (κ1) is 13.6. The van der Waals surface area contributed by atoms with Crippen LogP contribution in [-0.4, -0.2) is 8.07 Å². The van der Waals surface area contributed by atoms with Crippen LogP contribution in [-0.2, 0) is 0 Å². The second-order valence-corrected chi connectivity index (χ2v) is 12.0. The van der Waals surface area contributed by atoms with Gasteiger partial charge in [0, 0.05) is 5.92 Å². The van der Waals surface area contributed by atoms with Crippen LogP contribution in [0.1, 0.15) is 26.7 Å². The average molecular weight is 258 g/mol. The molecular formula is C17H26Si. The molecule has 1 heteroatoms. The lowest BCUT2D eigenvalue weighted by Crippen LogP contribution is -2.29. The standard InChI is InChI=1S/C17H26Si/c1-6-9-14-10-7-8-11-15-16(14)12-13(2)17(15)18(3,4)5/h7-8,10-12,14,17H,6,9H2,1-5H3. The summed E-state index contributed by atoms with van der Waals surface area (Å²) in [7, 11) is -1.18. The van der Waals surface area contributed by atoms with Crippen molar-refractivity contribution in [3.05, 3.63) is 47.1 Å². The summed E-state index contributed by atoms with van der Waals surface area (Å²) in [6.45, 7) is 12.1. The predicted molar refractivity (Wildman–Crippen MR) is 84.6 cm³/mol. The van der Waals surface area contributed by atoms with Gasteiger partial charge in [-0.05, 0) is 30.0 Å². The largest absolute Gasteiger partial charge is 0.0770 e. The predicted octanol–water partition coefficient (Wildman–Crippen LogP) is 5.49. The molecule has 0 saturated carbocycles. The highest BCUT2D eigenvalue weighted by atomic mass is 28.3. The van der Waals surface area contributed by atoms with Gasteiger partial charge in [-0.15, -0.1) is 0 Å². The summed E-state index contributed by atoms with van der Waals surface area (Å²) in [6.07, 6.45) is 14.3. The molecule has 0 aromatic carbocycles. The molecule has 2 unspecified atom stereocenters. The Morgan fingerprint density at radius 1 is 1.11 bits per heavy atom. The number of hydrogen-bond acceptors (Lipinski definition) is 0. The van der Waals surface area contributed by atoms with Gasteiger partial charge in [0.2, 0.25) is 0 Å². The third-order valence-electron chi connectivity index (χ3n) is 4.08. The van der Waals surface area contributed by atoms with Crippen LogP contribution in [0.4, 0.5) is 0 Å².